The number of hydrogen-bond acceptors (Lipinski definition) is 3. The van der Waals surface area contributed by atoms with Gasteiger partial charge in [-0.05, 0) is 31.0 Å². The first-order valence-corrected chi connectivity index (χ1v) is 6.59. The van der Waals surface area contributed by atoms with Crippen molar-refractivity contribution in [2.75, 3.05) is 6.54 Å². The quantitative estimate of drug-likeness (QED) is 0.870. The molecule has 0 spiro atoms. The fraction of sp³-hybridized carbons (Fsp3) is 0.267. The van der Waals surface area contributed by atoms with Crippen molar-refractivity contribution in [1.82, 2.24) is 15.1 Å². The summed E-state index contributed by atoms with van der Waals surface area (Å²) in [5.74, 6) is -1.18. The molecule has 2 N–H and O–H groups in total. The van der Waals surface area contributed by atoms with E-state index in [-0.39, 0.29) is 11.5 Å². The molecule has 0 bridgehead atoms. The fourth-order valence-corrected chi connectivity index (χ4v) is 2.17. The summed E-state index contributed by atoms with van der Waals surface area (Å²) in [6, 6.07) is 8.49. The molecule has 1 aromatic heterocycles. The molecular formula is C15H17N3O3. The lowest BCUT2D eigenvalue weighted by Crippen LogP contribution is -2.27. The second-order valence-electron chi connectivity index (χ2n) is 4.76. The molecule has 1 aromatic carbocycles. The molecular weight excluding hydrogens is 270 g/mol. The Hall–Kier alpha value is -2.63. The van der Waals surface area contributed by atoms with Crippen molar-refractivity contribution in [3.63, 3.8) is 0 Å². The lowest BCUT2D eigenvalue weighted by atomic mass is 10.0. The number of carboxylic acids is 1. The van der Waals surface area contributed by atoms with Gasteiger partial charge in [-0.2, -0.15) is 5.10 Å². The Morgan fingerprint density at radius 2 is 2.05 bits per heavy atom. The molecule has 0 aliphatic carbocycles. The molecule has 0 fully saturated rings. The summed E-state index contributed by atoms with van der Waals surface area (Å²) in [6.45, 7) is 2.19. The lowest BCUT2D eigenvalue weighted by molar-refractivity contribution is 0.0695. The monoisotopic (exact) mass is 287 g/mol. The third-order valence-corrected chi connectivity index (χ3v) is 3.16. The molecule has 1 amide bonds. The largest absolute Gasteiger partial charge is 0.478 e. The van der Waals surface area contributed by atoms with Crippen molar-refractivity contribution in [2.24, 2.45) is 7.05 Å². The number of aromatic nitrogens is 2. The van der Waals surface area contributed by atoms with E-state index in [1.54, 1.807) is 37.4 Å². The first kappa shape index (κ1) is 14.8. The van der Waals surface area contributed by atoms with Crippen molar-refractivity contribution in [3.8, 4) is 0 Å². The highest BCUT2D eigenvalue weighted by molar-refractivity contribution is 5.92. The molecule has 21 heavy (non-hydrogen) atoms. The number of carbonyl (C=O) groups is 2. The normalized spacial score (nSPS) is 10.4. The standard InChI is InChI=1S/C15H17N3O3/c1-10-9-13(18(2)17-10)14(19)16-8-7-11-5-3-4-6-12(11)15(20)21/h3-6,9H,7-8H2,1-2H3,(H,16,19)(H,20,21). The molecule has 6 nitrogen and oxygen atoms in total. The summed E-state index contributed by atoms with van der Waals surface area (Å²) in [6.07, 6.45) is 0.463. The molecule has 0 saturated heterocycles. The minimum absolute atomic E-state index is 0.217. The van der Waals surface area contributed by atoms with Gasteiger partial charge in [-0.3, -0.25) is 9.48 Å². The van der Waals surface area contributed by atoms with Gasteiger partial charge in [-0.15, -0.1) is 0 Å². The van der Waals surface area contributed by atoms with E-state index in [2.05, 4.69) is 10.4 Å². The van der Waals surface area contributed by atoms with Crippen molar-refractivity contribution >= 4 is 11.9 Å². The van der Waals surface area contributed by atoms with Crippen molar-refractivity contribution in [1.29, 1.82) is 0 Å². The highest BCUT2D eigenvalue weighted by Gasteiger charge is 2.12. The minimum atomic E-state index is -0.959. The predicted octanol–water partition coefficient (Wildman–Crippen LogP) is 1.40. The van der Waals surface area contributed by atoms with Crippen LogP contribution in [-0.4, -0.2) is 33.3 Å². The van der Waals surface area contributed by atoms with Crippen LogP contribution in [-0.2, 0) is 13.5 Å². The minimum Gasteiger partial charge on any atom is -0.478 e. The van der Waals surface area contributed by atoms with E-state index in [1.807, 2.05) is 6.92 Å². The Balaban J connectivity index is 1.97. The topological polar surface area (TPSA) is 84.2 Å². The Bertz CT molecular complexity index is 677. The maximum Gasteiger partial charge on any atom is 0.335 e. The van der Waals surface area contributed by atoms with Gasteiger partial charge in [-0.25, -0.2) is 4.79 Å². The average molecular weight is 287 g/mol. The molecule has 0 aliphatic heterocycles. The number of aromatic carboxylic acids is 1. The smallest absolute Gasteiger partial charge is 0.335 e. The van der Waals surface area contributed by atoms with Gasteiger partial charge >= 0.3 is 5.97 Å². The molecule has 0 radical (unpaired) electrons. The number of amides is 1. The molecule has 0 atom stereocenters. The van der Waals surface area contributed by atoms with E-state index >= 15 is 0 Å². The van der Waals surface area contributed by atoms with Crippen LogP contribution in [0.1, 0.15) is 32.1 Å². The summed E-state index contributed by atoms with van der Waals surface area (Å²) < 4.78 is 1.52. The van der Waals surface area contributed by atoms with E-state index in [1.165, 1.54) is 4.68 Å². The van der Waals surface area contributed by atoms with Crippen LogP contribution < -0.4 is 5.32 Å². The first-order valence-electron chi connectivity index (χ1n) is 6.59. The number of hydrogen-bond donors (Lipinski definition) is 2. The Kier molecular flexibility index (Phi) is 4.37. The molecule has 1 heterocycles. The number of aryl methyl sites for hydroxylation is 2. The van der Waals surface area contributed by atoms with Crippen LogP contribution in [0.2, 0.25) is 0 Å². The van der Waals surface area contributed by atoms with Crippen LogP contribution in [0.15, 0.2) is 30.3 Å². The molecule has 110 valence electrons. The number of nitrogens with one attached hydrogen (secondary N) is 1. The molecule has 2 aromatic rings. The van der Waals surface area contributed by atoms with Gasteiger partial charge in [0.15, 0.2) is 0 Å². The summed E-state index contributed by atoms with van der Waals surface area (Å²) in [7, 11) is 1.71. The molecule has 6 heteroatoms. The van der Waals surface area contributed by atoms with Crippen molar-refractivity contribution < 1.29 is 14.7 Å². The van der Waals surface area contributed by atoms with Gasteiger partial charge in [0.1, 0.15) is 5.69 Å². The summed E-state index contributed by atoms with van der Waals surface area (Å²) in [4.78, 5) is 23.1. The van der Waals surface area contributed by atoms with Crippen LogP contribution >= 0.6 is 0 Å². The van der Waals surface area contributed by atoms with E-state index in [9.17, 15) is 9.59 Å². The molecule has 2 rings (SSSR count). The first-order chi connectivity index (χ1) is 9.99. The number of rotatable bonds is 5. The van der Waals surface area contributed by atoms with Crippen LogP contribution in [0.25, 0.3) is 0 Å². The van der Waals surface area contributed by atoms with Crippen LogP contribution in [0, 0.1) is 6.92 Å². The fourth-order valence-electron chi connectivity index (χ4n) is 2.17. The number of carbonyl (C=O) groups excluding carboxylic acids is 1. The zero-order valence-corrected chi connectivity index (χ0v) is 12.0. The second-order valence-corrected chi connectivity index (χ2v) is 4.76. The highest BCUT2D eigenvalue weighted by Crippen LogP contribution is 2.09. The second kappa shape index (κ2) is 6.21. The number of nitrogens with zero attached hydrogens (tertiary/aromatic N) is 2. The SMILES string of the molecule is Cc1cc(C(=O)NCCc2ccccc2C(=O)O)n(C)n1. The van der Waals surface area contributed by atoms with E-state index in [0.29, 0.717) is 24.2 Å². The van der Waals surface area contributed by atoms with E-state index < -0.39 is 5.97 Å². The molecule has 0 aliphatic rings. The Morgan fingerprint density at radius 1 is 1.33 bits per heavy atom. The number of carboxylic acid groups (broad SMARTS) is 1. The van der Waals surface area contributed by atoms with Crippen LogP contribution in [0.3, 0.4) is 0 Å². The molecule has 0 unspecified atom stereocenters. The lowest BCUT2D eigenvalue weighted by Gasteiger charge is -2.07. The van der Waals surface area contributed by atoms with Gasteiger partial charge in [0.05, 0.1) is 11.3 Å². The van der Waals surface area contributed by atoms with E-state index in [0.717, 1.165) is 5.69 Å². The average Bonchev–Trinajstić information content (AvgIpc) is 2.78. The van der Waals surface area contributed by atoms with Gasteiger partial charge < -0.3 is 10.4 Å². The third-order valence-electron chi connectivity index (χ3n) is 3.16. The Morgan fingerprint density at radius 3 is 2.67 bits per heavy atom. The maximum absolute atomic E-state index is 12.0. The highest BCUT2D eigenvalue weighted by atomic mass is 16.4. The van der Waals surface area contributed by atoms with Gasteiger partial charge in [-0.1, -0.05) is 18.2 Å². The van der Waals surface area contributed by atoms with Crippen LogP contribution in [0.4, 0.5) is 0 Å². The number of benzene rings is 1. The summed E-state index contributed by atoms with van der Waals surface area (Å²) in [5.41, 5.74) is 2.23. The summed E-state index contributed by atoms with van der Waals surface area (Å²) in [5, 5.41) is 16.0. The maximum atomic E-state index is 12.0. The zero-order chi connectivity index (χ0) is 15.4. The predicted molar refractivity (Wildman–Crippen MR) is 77.4 cm³/mol. The van der Waals surface area contributed by atoms with Gasteiger partial charge in [0, 0.05) is 13.6 Å². The summed E-state index contributed by atoms with van der Waals surface area (Å²) >= 11 is 0. The van der Waals surface area contributed by atoms with Crippen LogP contribution in [0.5, 0.6) is 0 Å². The van der Waals surface area contributed by atoms with Crippen molar-refractivity contribution in [2.45, 2.75) is 13.3 Å². The molecule has 0 saturated carbocycles. The Labute approximate surface area is 122 Å². The van der Waals surface area contributed by atoms with Crippen molar-refractivity contribution in [3.05, 3.63) is 52.8 Å². The zero-order valence-electron chi connectivity index (χ0n) is 12.0. The third kappa shape index (κ3) is 3.47. The van der Waals surface area contributed by atoms with Gasteiger partial charge in [0.25, 0.3) is 5.91 Å². The van der Waals surface area contributed by atoms with Gasteiger partial charge in [0.2, 0.25) is 0 Å². The van der Waals surface area contributed by atoms with E-state index in [4.69, 9.17) is 5.11 Å².